The Bertz CT molecular complexity index is 1760. The number of hydrogen-bond donors (Lipinski definition) is 14. The molecule has 0 aromatic heterocycles. The lowest BCUT2D eigenvalue weighted by molar-refractivity contribution is -0.302. The third kappa shape index (κ3) is 48.1. The first-order valence-corrected chi connectivity index (χ1v) is 41.0. The minimum absolute atomic E-state index is 0.265. The third-order valence-corrected chi connectivity index (χ3v) is 20.0. The lowest BCUT2D eigenvalue weighted by Crippen LogP contribution is -2.60. The summed E-state index contributed by atoms with van der Waals surface area (Å²) in [7, 11) is 0. The normalized spacial score (nSPS) is 22.9. The van der Waals surface area contributed by atoms with Crippen molar-refractivity contribution < 1.29 is 89.8 Å². The summed E-state index contributed by atoms with van der Waals surface area (Å²) in [6.45, 7) is 7.23. The lowest BCUT2D eigenvalue weighted by atomic mass is 9.99. The van der Waals surface area contributed by atoms with Gasteiger partial charge in [-0.1, -0.05) is 296 Å². The zero-order valence-corrected chi connectivity index (χ0v) is 63.5. The number of ether oxygens (including phenoxy) is 4. The highest BCUT2D eigenvalue weighted by atomic mass is 16.7. The number of amides is 2. The fourth-order valence-corrected chi connectivity index (χ4v) is 13.0. The molecule has 16 atom stereocenters. The van der Waals surface area contributed by atoms with E-state index in [0.717, 1.165) is 103 Å². The quantitative estimate of drug-likeness (QED) is 0.0199. The van der Waals surface area contributed by atoms with Gasteiger partial charge in [0.25, 0.3) is 0 Å². The highest BCUT2D eigenvalue weighted by Crippen LogP contribution is 2.26. The summed E-state index contributed by atoms with van der Waals surface area (Å²) < 4.78 is 22.2. The molecule has 0 aliphatic carbocycles. The van der Waals surface area contributed by atoms with Crippen LogP contribution in [0.1, 0.15) is 349 Å². The standard InChI is InChI=1S/2C40H77NO9/c2*1-3-5-7-9-11-13-15-17-19-20-22-24-26-28-33(43)32(31-49-40-38(47)37(46)36(45)35(30-42)50-40)41-39(48)34(44)29-27-25-23-21-18-16-14-12-10-8-6-4-2/h2*19-20,32-38,40,42-47H,3-18,21-31H2,1-2H3,(H,41,48)/b20-19+;20-19-. The maximum Gasteiger partial charge on any atom is 0.249 e. The molecule has 2 heterocycles. The van der Waals surface area contributed by atoms with E-state index in [4.69, 9.17) is 18.9 Å². The molecule has 2 saturated heterocycles. The van der Waals surface area contributed by atoms with Gasteiger partial charge in [-0.15, -0.1) is 0 Å². The zero-order chi connectivity index (χ0) is 73.6. The molecule has 2 aliphatic heterocycles. The van der Waals surface area contributed by atoms with Crippen LogP contribution in [0.3, 0.4) is 0 Å². The van der Waals surface area contributed by atoms with Gasteiger partial charge in [0.2, 0.25) is 11.8 Å². The largest absolute Gasteiger partial charge is 0.394 e. The molecule has 2 aliphatic rings. The van der Waals surface area contributed by atoms with Crippen molar-refractivity contribution >= 4 is 11.8 Å². The number of nitrogens with one attached hydrogen (secondary N) is 2. The second-order valence-electron chi connectivity index (χ2n) is 29.1. The van der Waals surface area contributed by atoms with Crippen molar-refractivity contribution in [2.45, 2.75) is 447 Å². The molecule has 16 unspecified atom stereocenters. The second kappa shape index (κ2) is 66.2. The van der Waals surface area contributed by atoms with Crippen molar-refractivity contribution in [1.29, 1.82) is 0 Å². The smallest absolute Gasteiger partial charge is 0.249 e. The third-order valence-electron chi connectivity index (χ3n) is 20.0. The number of allylic oxidation sites excluding steroid dienone is 4. The van der Waals surface area contributed by atoms with Gasteiger partial charge in [-0.05, 0) is 77.0 Å². The molecule has 0 aromatic carbocycles. The van der Waals surface area contributed by atoms with Crippen molar-refractivity contribution in [3.05, 3.63) is 24.3 Å². The summed E-state index contributed by atoms with van der Waals surface area (Å²) >= 11 is 0. The van der Waals surface area contributed by atoms with Gasteiger partial charge in [0.05, 0.1) is 50.7 Å². The predicted octanol–water partition coefficient (Wildman–Crippen LogP) is 12.7. The van der Waals surface area contributed by atoms with Crippen LogP contribution in [0.4, 0.5) is 0 Å². The van der Waals surface area contributed by atoms with Crippen molar-refractivity contribution in [1.82, 2.24) is 10.6 Å². The number of hydrogen-bond acceptors (Lipinski definition) is 18. The van der Waals surface area contributed by atoms with Gasteiger partial charge in [0.1, 0.15) is 61.0 Å². The number of carbonyl (C=O) groups is 2. The zero-order valence-electron chi connectivity index (χ0n) is 63.5. The van der Waals surface area contributed by atoms with Crippen LogP contribution in [-0.2, 0) is 28.5 Å². The first-order chi connectivity index (χ1) is 48.5. The molecule has 2 fully saturated rings. The molecule has 2 amide bonds. The van der Waals surface area contributed by atoms with Crippen LogP contribution in [0.2, 0.25) is 0 Å². The fourth-order valence-electron chi connectivity index (χ4n) is 13.0. The molecule has 2 rings (SSSR count). The van der Waals surface area contributed by atoms with Crippen LogP contribution in [0.5, 0.6) is 0 Å². The summed E-state index contributed by atoms with van der Waals surface area (Å²) in [5.41, 5.74) is 0. The molecule has 20 heteroatoms. The van der Waals surface area contributed by atoms with E-state index in [-0.39, 0.29) is 13.2 Å². The molecule has 0 aromatic rings. The van der Waals surface area contributed by atoms with Crippen molar-refractivity contribution in [2.75, 3.05) is 26.4 Å². The number of aliphatic hydroxyl groups is 12. The molecule has 14 N–H and O–H groups in total. The highest BCUT2D eigenvalue weighted by molar-refractivity contribution is 5.81. The van der Waals surface area contributed by atoms with Crippen molar-refractivity contribution in [2.24, 2.45) is 0 Å². The molecule has 0 radical (unpaired) electrons. The van der Waals surface area contributed by atoms with Crippen molar-refractivity contribution in [3.63, 3.8) is 0 Å². The van der Waals surface area contributed by atoms with Gasteiger partial charge in [-0.25, -0.2) is 0 Å². The van der Waals surface area contributed by atoms with Gasteiger partial charge in [0.15, 0.2) is 12.6 Å². The molecular formula is C80H154N2O18. The Morgan fingerprint density at radius 1 is 0.330 bits per heavy atom. The highest BCUT2D eigenvalue weighted by Gasteiger charge is 2.46. The van der Waals surface area contributed by atoms with E-state index in [2.05, 4.69) is 62.6 Å². The van der Waals surface area contributed by atoms with Gasteiger partial charge in [-0.2, -0.15) is 0 Å². The summed E-state index contributed by atoms with van der Waals surface area (Å²) in [5, 5.41) is 129. The topological polar surface area (TPSA) is 338 Å². The van der Waals surface area contributed by atoms with E-state index < -0.39 is 123 Å². The first kappa shape index (κ1) is 95.8. The average Bonchev–Trinajstić information content (AvgIpc) is 0.826. The minimum atomic E-state index is -1.60. The predicted molar refractivity (Wildman–Crippen MR) is 399 cm³/mol. The summed E-state index contributed by atoms with van der Waals surface area (Å²) in [5.74, 6) is -1.19. The summed E-state index contributed by atoms with van der Waals surface area (Å²) in [6.07, 6.45) is 45.3. The molecule has 0 bridgehead atoms. The number of carbonyl (C=O) groups excluding carboxylic acids is 2. The Morgan fingerprint density at radius 2 is 0.560 bits per heavy atom. The Kier molecular flexibility index (Phi) is 63.4. The van der Waals surface area contributed by atoms with E-state index in [1.54, 1.807) is 0 Å². The lowest BCUT2D eigenvalue weighted by Gasteiger charge is -2.40. The van der Waals surface area contributed by atoms with E-state index >= 15 is 0 Å². The van der Waals surface area contributed by atoms with E-state index in [0.29, 0.717) is 25.7 Å². The molecule has 0 saturated carbocycles. The van der Waals surface area contributed by atoms with Gasteiger partial charge < -0.3 is 90.9 Å². The van der Waals surface area contributed by atoms with Crippen LogP contribution in [0.25, 0.3) is 0 Å². The first-order valence-electron chi connectivity index (χ1n) is 41.0. The molecule has 592 valence electrons. The molecular weight excluding hydrogens is 1280 g/mol. The van der Waals surface area contributed by atoms with Crippen LogP contribution >= 0.6 is 0 Å². The van der Waals surface area contributed by atoms with E-state index in [9.17, 15) is 70.9 Å². The minimum Gasteiger partial charge on any atom is -0.394 e. The Hall–Kier alpha value is -2.22. The number of rotatable bonds is 66. The SMILES string of the molecule is CCCCCCCCC/C=C/CCCCC(O)C(COC1OC(CO)C(O)C(O)C1O)NC(=O)C(O)CCCCCCCCCCCCCC.CCCCCCCCC/C=C\CCCCC(O)C(COC1OC(CO)C(O)C(O)C1O)NC(=O)C(O)CCCCCCCCCCCCCC. The Labute approximate surface area is 607 Å². The van der Waals surface area contributed by atoms with Crippen LogP contribution in [-0.4, -0.2) is 197 Å². The second-order valence-corrected chi connectivity index (χ2v) is 29.1. The van der Waals surface area contributed by atoms with Gasteiger partial charge in [0, 0.05) is 0 Å². The summed E-state index contributed by atoms with van der Waals surface area (Å²) in [4.78, 5) is 25.9. The molecule has 100 heavy (non-hydrogen) atoms. The van der Waals surface area contributed by atoms with Crippen LogP contribution in [0, 0.1) is 0 Å². The van der Waals surface area contributed by atoms with Crippen LogP contribution < -0.4 is 10.6 Å². The van der Waals surface area contributed by atoms with E-state index in [1.807, 2.05) is 0 Å². The average molecular weight is 1430 g/mol. The fraction of sp³-hybridized carbons (Fsp3) is 0.925. The van der Waals surface area contributed by atoms with E-state index in [1.165, 1.54) is 193 Å². The Balaban J connectivity index is 0.000001000. The Morgan fingerprint density at radius 3 is 0.820 bits per heavy atom. The monoisotopic (exact) mass is 1430 g/mol. The van der Waals surface area contributed by atoms with Gasteiger partial charge in [-0.3, -0.25) is 9.59 Å². The number of aliphatic hydroxyl groups excluding tert-OH is 12. The maximum absolute atomic E-state index is 13.0. The molecule has 0 spiro atoms. The molecule has 20 nitrogen and oxygen atoms in total. The summed E-state index contributed by atoms with van der Waals surface area (Å²) in [6, 6.07) is -1.81. The van der Waals surface area contributed by atoms with Crippen LogP contribution in [0.15, 0.2) is 24.3 Å². The van der Waals surface area contributed by atoms with Gasteiger partial charge >= 0.3 is 0 Å². The number of unbranched alkanes of at least 4 members (excludes halogenated alkanes) is 40. The maximum atomic E-state index is 13.0. The van der Waals surface area contributed by atoms with Crippen molar-refractivity contribution in [3.8, 4) is 0 Å².